The van der Waals surface area contributed by atoms with E-state index in [1.165, 1.54) is 24.3 Å². The molecule has 0 aromatic heterocycles. The zero-order valence-electron chi connectivity index (χ0n) is 16.2. The first-order valence-electron chi connectivity index (χ1n) is 8.80. The Morgan fingerprint density at radius 3 is 2.40 bits per heavy atom. The van der Waals surface area contributed by atoms with Gasteiger partial charge in [-0.1, -0.05) is 22.9 Å². The lowest BCUT2D eigenvalue weighted by molar-refractivity contribution is -0.117. The molecule has 0 aliphatic carbocycles. The van der Waals surface area contributed by atoms with Crippen molar-refractivity contribution in [2.24, 2.45) is 0 Å². The molecule has 2 amide bonds. The highest BCUT2D eigenvalue weighted by atomic mass is 79.9. The van der Waals surface area contributed by atoms with Crippen LogP contribution in [0.1, 0.15) is 30.6 Å². The monoisotopic (exact) mass is 513 g/mol. The minimum Gasteiger partial charge on any atom is -0.493 e. The summed E-state index contributed by atoms with van der Waals surface area (Å²) in [6.07, 6.45) is 0.796. The number of hydrogen-bond acceptors (Lipinski definition) is 6. The van der Waals surface area contributed by atoms with Gasteiger partial charge in [0.05, 0.1) is 17.1 Å². The van der Waals surface area contributed by atoms with E-state index in [4.69, 9.17) is 17.0 Å². The summed E-state index contributed by atoms with van der Waals surface area (Å²) in [7, 11) is -3.92. The van der Waals surface area contributed by atoms with Crippen molar-refractivity contribution in [3.8, 4) is 5.75 Å². The summed E-state index contributed by atoms with van der Waals surface area (Å²) >= 11 is 8.50. The van der Waals surface area contributed by atoms with Crippen LogP contribution in [0.2, 0.25) is 0 Å². The number of hydrogen-bond donors (Lipinski definition) is 3. The van der Waals surface area contributed by atoms with Crippen LogP contribution in [0.15, 0.2) is 51.8 Å². The molecule has 11 heteroatoms. The van der Waals surface area contributed by atoms with E-state index in [0.717, 1.165) is 13.3 Å². The molecule has 0 fully saturated rings. The Morgan fingerprint density at radius 2 is 1.80 bits per heavy atom. The lowest BCUT2D eigenvalue weighted by Crippen LogP contribution is -2.34. The van der Waals surface area contributed by atoms with Crippen molar-refractivity contribution in [2.75, 3.05) is 11.9 Å². The Kier molecular flexibility index (Phi) is 8.33. The topological polar surface area (TPSA) is 114 Å². The van der Waals surface area contributed by atoms with E-state index in [1.807, 2.05) is 11.6 Å². The molecule has 0 bridgehead atoms. The smallest absolute Gasteiger partial charge is 0.264 e. The quantitative estimate of drug-likeness (QED) is 0.487. The summed E-state index contributed by atoms with van der Waals surface area (Å²) in [4.78, 5) is 23.5. The normalized spacial score (nSPS) is 10.8. The number of carbonyl (C=O) groups is 2. The van der Waals surface area contributed by atoms with E-state index in [9.17, 15) is 18.0 Å². The van der Waals surface area contributed by atoms with Crippen LogP contribution in [0.5, 0.6) is 5.75 Å². The summed E-state index contributed by atoms with van der Waals surface area (Å²) in [6, 6.07) is 10.6. The SMILES string of the molecule is CCCOc1ccc(Br)cc1C(=O)NC(=S)Nc1ccc(S(=O)(=O)NC(C)=O)cc1. The van der Waals surface area contributed by atoms with Crippen molar-refractivity contribution < 1.29 is 22.7 Å². The highest BCUT2D eigenvalue weighted by Gasteiger charge is 2.17. The van der Waals surface area contributed by atoms with E-state index in [1.54, 1.807) is 18.2 Å². The zero-order valence-corrected chi connectivity index (χ0v) is 19.4. The number of amides is 2. The Hall–Kier alpha value is -2.50. The van der Waals surface area contributed by atoms with Gasteiger partial charge in [-0.05, 0) is 61.1 Å². The van der Waals surface area contributed by atoms with Gasteiger partial charge in [0.2, 0.25) is 5.91 Å². The fourth-order valence-corrected chi connectivity index (χ4v) is 3.88. The fourth-order valence-electron chi connectivity index (χ4n) is 2.32. The predicted molar refractivity (Wildman–Crippen MR) is 121 cm³/mol. The van der Waals surface area contributed by atoms with Gasteiger partial charge in [0.25, 0.3) is 15.9 Å². The second-order valence-corrected chi connectivity index (χ2v) is 9.09. The number of halogens is 1. The molecule has 0 saturated carbocycles. The number of nitrogens with one attached hydrogen (secondary N) is 3. The zero-order chi connectivity index (χ0) is 22.3. The van der Waals surface area contributed by atoms with Crippen molar-refractivity contribution in [3.63, 3.8) is 0 Å². The minimum atomic E-state index is -3.92. The third-order valence-electron chi connectivity index (χ3n) is 3.58. The average Bonchev–Trinajstić information content (AvgIpc) is 2.66. The van der Waals surface area contributed by atoms with Gasteiger partial charge in [0.15, 0.2) is 5.11 Å². The van der Waals surface area contributed by atoms with Crippen LogP contribution < -0.4 is 20.1 Å². The van der Waals surface area contributed by atoms with Crippen LogP contribution in [-0.2, 0) is 14.8 Å². The van der Waals surface area contributed by atoms with Crippen LogP contribution in [0.3, 0.4) is 0 Å². The maximum atomic E-state index is 12.6. The molecule has 0 atom stereocenters. The average molecular weight is 514 g/mol. The second kappa shape index (κ2) is 10.5. The molecule has 2 aromatic carbocycles. The van der Waals surface area contributed by atoms with Gasteiger partial charge in [-0.15, -0.1) is 0 Å². The maximum Gasteiger partial charge on any atom is 0.264 e. The van der Waals surface area contributed by atoms with Gasteiger partial charge in [0.1, 0.15) is 5.75 Å². The molecule has 30 heavy (non-hydrogen) atoms. The highest BCUT2D eigenvalue weighted by Crippen LogP contribution is 2.23. The third kappa shape index (κ3) is 6.78. The minimum absolute atomic E-state index is 0.0267. The molecule has 160 valence electrons. The van der Waals surface area contributed by atoms with E-state index in [0.29, 0.717) is 28.1 Å². The van der Waals surface area contributed by atoms with Gasteiger partial charge in [-0.2, -0.15) is 0 Å². The number of rotatable bonds is 7. The summed E-state index contributed by atoms with van der Waals surface area (Å²) in [5.74, 6) is -0.700. The lowest BCUT2D eigenvalue weighted by Gasteiger charge is -2.13. The van der Waals surface area contributed by atoms with Gasteiger partial charge in [-0.3, -0.25) is 14.9 Å². The van der Waals surface area contributed by atoms with Gasteiger partial charge < -0.3 is 10.1 Å². The molecule has 0 aliphatic rings. The first kappa shape index (κ1) is 23.8. The van der Waals surface area contributed by atoms with Crippen molar-refractivity contribution in [1.82, 2.24) is 10.0 Å². The molecule has 0 unspecified atom stereocenters. The number of sulfonamides is 1. The standard InChI is InChI=1S/C19H20BrN3O5S2/c1-3-10-28-17-9-4-13(20)11-16(17)18(25)22-19(29)21-14-5-7-15(8-6-14)30(26,27)23-12(2)24/h4-9,11H,3,10H2,1-2H3,(H,23,24)(H2,21,22,25,29). The molecule has 0 heterocycles. The van der Waals surface area contributed by atoms with Gasteiger partial charge in [-0.25, -0.2) is 13.1 Å². The van der Waals surface area contributed by atoms with Crippen molar-refractivity contribution in [3.05, 3.63) is 52.5 Å². The fraction of sp³-hybridized carbons (Fsp3) is 0.211. The number of ether oxygens (including phenoxy) is 1. The van der Waals surface area contributed by atoms with E-state index >= 15 is 0 Å². The molecule has 0 radical (unpaired) electrons. The Morgan fingerprint density at radius 1 is 1.13 bits per heavy atom. The molecule has 0 spiro atoms. The number of thiocarbonyl (C=S) groups is 1. The van der Waals surface area contributed by atoms with E-state index < -0.39 is 21.8 Å². The number of benzene rings is 2. The highest BCUT2D eigenvalue weighted by molar-refractivity contribution is 9.10. The molecule has 0 aliphatic heterocycles. The number of carbonyl (C=O) groups excluding carboxylic acids is 2. The van der Waals surface area contributed by atoms with Crippen LogP contribution in [0, 0.1) is 0 Å². The Balaban J connectivity index is 2.06. The van der Waals surface area contributed by atoms with Crippen LogP contribution >= 0.6 is 28.1 Å². The van der Waals surface area contributed by atoms with Gasteiger partial charge in [0, 0.05) is 17.1 Å². The second-order valence-electron chi connectivity index (χ2n) is 6.08. The molecule has 2 rings (SSSR count). The van der Waals surface area contributed by atoms with Crippen LogP contribution in [0.25, 0.3) is 0 Å². The Labute approximate surface area is 188 Å². The molecular formula is C19H20BrN3O5S2. The molecule has 0 saturated heterocycles. The van der Waals surface area contributed by atoms with Crippen molar-refractivity contribution in [2.45, 2.75) is 25.2 Å². The van der Waals surface area contributed by atoms with Crippen LogP contribution in [-0.4, -0.2) is 32.0 Å². The summed E-state index contributed by atoms with van der Waals surface area (Å²) in [6.45, 7) is 3.54. The molecular weight excluding hydrogens is 494 g/mol. The molecule has 2 aromatic rings. The van der Waals surface area contributed by atoms with E-state index in [-0.39, 0.29) is 10.0 Å². The van der Waals surface area contributed by atoms with Crippen molar-refractivity contribution >= 4 is 60.8 Å². The Bertz CT molecular complexity index is 1060. The summed E-state index contributed by atoms with van der Waals surface area (Å²) in [5, 5.41) is 5.40. The first-order valence-corrected chi connectivity index (χ1v) is 11.5. The third-order valence-corrected chi connectivity index (χ3v) is 5.72. The van der Waals surface area contributed by atoms with Crippen molar-refractivity contribution in [1.29, 1.82) is 0 Å². The van der Waals surface area contributed by atoms with Crippen LogP contribution in [0.4, 0.5) is 5.69 Å². The lowest BCUT2D eigenvalue weighted by atomic mass is 10.2. The molecule has 3 N–H and O–H groups in total. The van der Waals surface area contributed by atoms with Gasteiger partial charge >= 0.3 is 0 Å². The van der Waals surface area contributed by atoms with E-state index in [2.05, 4.69) is 26.6 Å². The molecule has 8 nitrogen and oxygen atoms in total. The largest absolute Gasteiger partial charge is 0.493 e. The summed E-state index contributed by atoms with van der Waals surface area (Å²) in [5.41, 5.74) is 0.775. The number of anilines is 1. The first-order chi connectivity index (χ1) is 14.1. The summed E-state index contributed by atoms with van der Waals surface area (Å²) < 4.78 is 32.1. The predicted octanol–water partition coefficient (Wildman–Crippen LogP) is 3.19. The maximum absolute atomic E-state index is 12.6.